The van der Waals surface area contributed by atoms with E-state index in [4.69, 9.17) is 18.0 Å². The summed E-state index contributed by atoms with van der Waals surface area (Å²) in [5, 5.41) is 0. The first-order valence-electron chi connectivity index (χ1n) is 6.04. The van der Waals surface area contributed by atoms with Crippen LogP contribution >= 0.6 is 28.1 Å². The molecule has 0 saturated heterocycles. The van der Waals surface area contributed by atoms with Crippen LogP contribution in [0, 0.1) is 5.82 Å². The molecule has 19 heavy (non-hydrogen) atoms. The Hall–Kier alpha value is -1.01. The smallest absolute Gasteiger partial charge is 0.258 e. The monoisotopic (exact) mass is 344 g/mol. The van der Waals surface area contributed by atoms with Gasteiger partial charge in [0.15, 0.2) is 0 Å². The highest BCUT2D eigenvalue weighted by Crippen LogP contribution is 2.30. The Morgan fingerprint density at radius 1 is 1.53 bits per heavy atom. The molecule has 102 valence electrons. The van der Waals surface area contributed by atoms with E-state index in [0.29, 0.717) is 22.4 Å². The van der Waals surface area contributed by atoms with Crippen LogP contribution in [0.25, 0.3) is 0 Å². The lowest BCUT2D eigenvalue weighted by Crippen LogP contribution is -2.36. The normalized spacial score (nSPS) is 14.2. The van der Waals surface area contributed by atoms with Crippen molar-refractivity contribution in [3.63, 3.8) is 0 Å². The van der Waals surface area contributed by atoms with Gasteiger partial charge in [-0.1, -0.05) is 18.3 Å². The molecule has 1 saturated carbocycles. The summed E-state index contributed by atoms with van der Waals surface area (Å²) < 4.78 is 14.3. The van der Waals surface area contributed by atoms with E-state index in [2.05, 4.69) is 15.9 Å². The van der Waals surface area contributed by atoms with Crippen LogP contribution in [0.2, 0.25) is 0 Å². The van der Waals surface area contributed by atoms with Gasteiger partial charge in [-0.05, 0) is 40.9 Å². The summed E-state index contributed by atoms with van der Waals surface area (Å²) >= 11 is 8.06. The van der Waals surface area contributed by atoms with Gasteiger partial charge in [0.2, 0.25) is 0 Å². The SMILES string of the molecule is NC(=S)CCN(C(=O)c1c(F)cccc1Br)C1CC1. The van der Waals surface area contributed by atoms with Crippen molar-refractivity contribution in [1.82, 2.24) is 4.90 Å². The van der Waals surface area contributed by atoms with E-state index < -0.39 is 5.82 Å². The fourth-order valence-corrected chi connectivity index (χ4v) is 2.52. The van der Waals surface area contributed by atoms with Gasteiger partial charge in [0, 0.05) is 23.5 Å². The Balaban J connectivity index is 2.21. The molecule has 2 rings (SSSR count). The molecule has 1 aliphatic rings. The number of benzene rings is 1. The van der Waals surface area contributed by atoms with Crippen molar-refractivity contribution in [3.8, 4) is 0 Å². The second-order valence-electron chi connectivity index (χ2n) is 4.54. The Kier molecular flexibility index (Phi) is 4.52. The lowest BCUT2D eigenvalue weighted by Gasteiger charge is -2.23. The molecule has 1 aliphatic carbocycles. The number of carbonyl (C=O) groups excluding carboxylic acids is 1. The van der Waals surface area contributed by atoms with Gasteiger partial charge >= 0.3 is 0 Å². The maximum Gasteiger partial charge on any atom is 0.258 e. The number of amides is 1. The summed E-state index contributed by atoms with van der Waals surface area (Å²) in [6, 6.07) is 4.70. The zero-order valence-electron chi connectivity index (χ0n) is 10.2. The van der Waals surface area contributed by atoms with Crippen molar-refractivity contribution in [3.05, 3.63) is 34.1 Å². The third-order valence-corrected chi connectivity index (χ3v) is 3.89. The Morgan fingerprint density at radius 3 is 2.74 bits per heavy atom. The molecule has 3 nitrogen and oxygen atoms in total. The maximum absolute atomic E-state index is 13.8. The molecule has 0 spiro atoms. The largest absolute Gasteiger partial charge is 0.393 e. The molecule has 1 fully saturated rings. The van der Waals surface area contributed by atoms with Crippen molar-refractivity contribution >= 4 is 39.0 Å². The van der Waals surface area contributed by atoms with E-state index in [1.807, 2.05) is 0 Å². The number of hydrogen-bond acceptors (Lipinski definition) is 2. The quantitative estimate of drug-likeness (QED) is 0.835. The molecule has 0 atom stereocenters. The van der Waals surface area contributed by atoms with Gasteiger partial charge < -0.3 is 10.6 Å². The molecular weight excluding hydrogens is 331 g/mol. The highest BCUT2D eigenvalue weighted by molar-refractivity contribution is 9.10. The maximum atomic E-state index is 13.8. The molecule has 0 heterocycles. The van der Waals surface area contributed by atoms with Crippen molar-refractivity contribution in [2.24, 2.45) is 5.73 Å². The summed E-state index contributed by atoms with van der Waals surface area (Å²) in [5.74, 6) is -0.816. The summed E-state index contributed by atoms with van der Waals surface area (Å²) in [6.07, 6.45) is 2.37. The highest BCUT2D eigenvalue weighted by Gasteiger charge is 2.34. The fourth-order valence-electron chi connectivity index (χ4n) is 1.91. The number of hydrogen-bond donors (Lipinski definition) is 1. The molecule has 6 heteroatoms. The van der Waals surface area contributed by atoms with Crippen LogP contribution in [0.3, 0.4) is 0 Å². The van der Waals surface area contributed by atoms with Gasteiger partial charge in [-0.3, -0.25) is 4.79 Å². The van der Waals surface area contributed by atoms with E-state index in [9.17, 15) is 9.18 Å². The van der Waals surface area contributed by atoms with Crippen LogP contribution in [-0.4, -0.2) is 28.4 Å². The average molecular weight is 345 g/mol. The zero-order chi connectivity index (χ0) is 14.0. The third-order valence-electron chi connectivity index (χ3n) is 3.02. The lowest BCUT2D eigenvalue weighted by atomic mass is 10.1. The molecule has 0 unspecified atom stereocenters. The zero-order valence-corrected chi connectivity index (χ0v) is 12.6. The van der Waals surface area contributed by atoms with E-state index >= 15 is 0 Å². The van der Waals surface area contributed by atoms with Crippen LogP contribution in [0.5, 0.6) is 0 Å². The summed E-state index contributed by atoms with van der Waals surface area (Å²) in [4.78, 5) is 14.5. The lowest BCUT2D eigenvalue weighted by molar-refractivity contribution is 0.0742. The van der Waals surface area contributed by atoms with Crippen molar-refractivity contribution in [2.75, 3.05) is 6.54 Å². The molecule has 1 aromatic rings. The van der Waals surface area contributed by atoms with Crippen molar-refractivity contribution in [1.29, 1.82) is 0 Å². The van der Waals surface area contributed by atoms with Crippen LogP contribution in [0.1, 0.15) is 29.6 Å². The first-order valence-corrected chi connectivity index (χ1v) is 7.24. The summed E-state index contributed by atoms with van der Waals surface area (Å²) in [6.45, 7) is 0.444. The molecule has 1 amide bonds. The predicted molar refractivity (Wildman–Crippen MR) is 79.6 cm³/mol. The Morgan fingerprint density at radius 2 is 2.21 bits per heavy atom. The predicted octanol–water partition coefficient (Wildman–Crippen LogP) is 2.87. The minimum Gasteiger partial charge on any atom is -0.393 e. The molecular formula is C13H14BrFN2OS. The van der Waals surface area contributed by atoms with Gasteiger partial charge in [0.25, 0.3) is 5.91 Å². The third kappa shape index (κ3) is 3.51. The average Bonchev–Trinajstić information content (AvgIpc) is 3.13. The fraction of sp³-hybridized carbons (Fsp3) is 0.385. The Bertz CT molecular complexity index is 499. The van der Waals surface area contributed by atoms with Gasteiger partial charge in [0.05, 0.1) is 10.6 Å². The van der Waals surface area contributed by atoms with Crippen molar-refractivity contribution < 1.29 is 9.18 Å². The second kappa shape index (κ2) is 5.96. The Labute approximate surface area is 125 Å². The van der Waals surface area contributed by atoms with Gasteiger partial charge in [-0.25, -0.2) is 4.39 Å². The molecule has 1 aromatic carbocycles. The van der Waals surface area contributed by atoms with Gasteiger partial charge in [0.1, 0.15) is 5.82 Å². The number of rotatable bonds is 5. The highest BCUT2D eigenvalue weighted by atomic mass is 79.9. The van der Waals surface area contributed by atoms with E-state index in [0.717, 1.165) is 12.8 Å². The minimum absolute atomic E-state index is 0.0809. The van der Waals surface area contributed by atoms with Gasteiger partial charge in [-0.15, -0.1) is 0 Å². The molecule has 0 bridgehead atoms. The minimum atomic E-state index is -0.514. The first kappa shape index (κ1) is 14.4. The second-order valence-corrected chi connectivity index (χ2v) is 5.92. The molecule has 0 radical (unpaired) electrons. The van der Waals surface area contributed by atoms with Gasteiger partial charge in [-0.2, -0.15) is 0 Å². The van der Waals surface area contributed by atoms with Crippen LogP contribution in [-0.2, 0) is 0 Å². The standard InChI is InChI=1S/C13H14BrFN2OS/c14-9-2-1-3-10(15)12(9)13(18)17(8-4-5-8)7-6-11(16)19/h1-3,8H,4-7H2,(H2,16,19). The molecule has 0 aromatic heterocycles. The number of carbonyl (C=O) groups is 1. The first-order chi connectivity index (χ1) is 9.00. The number of halogens is 2. The van der Waals surface area contributed by atoms with Crippen LogP contribution in [0.4, 0.5) is 4.39 Å². The molecule has 0 aliphatic heterocycles. The van der Waals surface area contributed by atoms with E-state index in [1.165, 1.54) is 6.07 Å². The number of nitrogens with two attached hydrogens (primary N) is 1. The van der Waals surface area contributed by atoms with Crippen LogP contribution in [0.15, 0.2) is 22.7 Å². The number of nitrogens with zero attached hydrogens (tertiary/aromatic N) is 1. The topological polar surface area (TPSA) is 46.3 Å². The van der Waals surface area contributed by atoms with Crippen LogP contribution < -0.4 is 5.73 Å². The van der Waals surface area contributed by atoms with E-state index in [1.54, 1.807) is 17.0 Å². The number of thiocarbonyl (C=S) groups is 1. The van der Waals surface area contributed by atoms with Crippen molar-refractivity contribution in [2.45, 2.75) is 25.3 Å². The van der Waals surface area contributed by atoms with E-state index in [-0.39, 0.29) is 17.5 Å². The molecule has 2 N–H and O–H groups in total. The summed E-state index contributed by atoms with van der Waals surface area (Å²) in [5.41, 5.74) is 5.55. The summed E-state index contributed by atoms with van der Waals surface area (Å²) in [7, 11) is 0.